The van der Waals surface area contributed by atoms with E-state index in [1.165, 1.54) is 4.52 Å². The summed E-state index contributed by atoms with van der Waals surface area (Å²) in [5.41, 5.74) is 9.47. The average molecular weight is 409 g/mol. The first-order valence-electron chi connectivity index (χ1n) is 7.75. The van der Waals surface area contributed by atoms with Crippen LogP contribution < -0.4 is 5.73 Å². The van der Waals surface area contributed by atoms with Gasteiger partial charge < -0.3 is 5.73 Å². The van der Waals surface area contributed by atoms with Crippen molar-refractivity contribution in [3.63, 3.8) is 0 Å². The van der Waals surface area contributed by atoms with Gasteiger partial charge in [0.05, 0.1) is 33.9 Å². The van der Waals surface area contributed by atoms with E-state index in [-0.39, 0.29) is 5.95 Å². The van der Waals surface area contributed by atoms with Gasteiger partial charge in [-0.05, 0) is 34.1 Å². The van der Waals surface area contributed by atoms with Crippen LogP contribution in [0.5, 0.6) is 0 Å². The zero-order valence-electron chi connectivity index (χ0n) is 13.8. The normalized spacial score (nSPS) is 11.0. The molecule has 0 aliphatic carbocycles. The Bertz CT molecular complexity index is 1170. The molecule has 0 saturated heterocycles. The lowest BCUT2D eigenvalue weighted by Gasteiger charge is -2.07. The van der Waals surface area contributed by atoms with E-state index in [0.717, 1.165) is 11.3 Å². The van der Waals surface area contributed by atoms with Crippen molar-refractivity contribution in [3.05, 3.63) is 58.1 Å². The number of hydrogen-bond acceptors (Lipinski definition) is 6. The highest BCUT2D eigenvalue weighted by atomic mass is 79.9. The lowest BCUT2D eigenvalue weighted by atomic mass is 10.1. The molecular weight excluding hydrogens is 396 g/mol. The van der Waals surface area contributed by atoms with Gasteiger partial charge >= 0.3 is 0 Å². The highest BCUT2D eigenvalue weighted by Gasteiger charge is 2.17. The van der Waals surface area contributed by atoms with Crippen LogP contribution in [-0.2, 0) is 13.5 Å². The summed E-state index contributed by atoms with van der Waals surface area (Å²) in [6, 6.07) is 11.2. The molecule has 0 aliphatic rings. The first-order chi connectivity index (χ1) is 12.5. The van der Waals surface area contributed by atoms with Crippen molar-refractivity contribution in [2.45, 2.75) is 6.42 Å². The fourth-order valence-electron chi connectivity index (χ4n) is 2.70. The third-order valence-electron chi connectivity index (χ3n) is 3.87. The Hall–Kier alpha value is -3.25. The molecule has 0 fully saturated rings. The number of nitrogens with two attached hydrogens (primary N) is 1. The van der Waals surface area contributed by atoms with Crippen LogP contribution in [0.4, 0.5) is 5.95 Å². The molecule has 4 aromatic rings. The van der Waals surface area contributed by atoms with E-state index in [0.29, 0.717) is 33.6 Å². The van der Waals surface area contributed by atoms with Crippen LogP contribution in [0.1, 0.15) is 17.1 Å². The van der Waals surface area contributed by atoms with E-state index in [1.54, 1.807) is 22.9 Å². The number of hydrogen-bond donors (Lipinski definition) is 1. The molecule has 128 valence electrons. The van der Waals surface area contributed by atoms with Gasteiger partial charge in [0.15, 0.2) is 11.5 Å². The first kappa shape index (κ1) is 16.2. The average Bonchev–Trinajstić information content (AvgIpc) is 3.25. The summed E-state index contributed by atoms with van der Waals surface area (Å²) in [7, 11) is 1.86. The van der Waals surface area contributed by atoms with Gasteiger partial charge in [-0.3, -0.25) is 4.68 Å². The summed E-state index contributed by atoms with van der Waals surface area (Å²) < 4.78 is 3.90. The monoisotopic (exact) mass is 408 g/mol. The molecule has 8 nitrogen and oxygen atoms in total. The maximum absolute atomic E-state index is 9.11. The van der Waals surface area contributed by atoms with Crippen LogP contribution in [0.3, 0.4) is 0 Å². The Kier molecular flexibility index (Phi) is 3.89. The van der Waals surface area contributed by atoms with Crippen LogP contribution in [0, 0.1) is 11.3 Å². The molecule has 4 rings (SSSR count). The Morgan fingerprint density at radius 3 is 2.81 bits per heavy atom. The van der Waals surface area contributed by atoms with Crippen LogP contribution in [0.25, 0.3) is 16.9 Å². The molecule has 0 spiro atoms. The molecule has 0 bridgehead atoms. The second-order valence-electron chi connectivity index (χ2n) is 5.75. The number of nitrogen functional groups attached to an aromatic ring is 1. The van der Waals surface area contributed by atoms with Crippen LogP contribution in [0.15, 0.2) is 41.0 Å². The van der Waals surface area contributed by atoms with E-state index in [1.807, 2.05) is 25.4 Å². The van der Waals surface area contributed by atoms with E-state index in [9.17, 15) is 0 Å². The Labute approximate surface area is 157 Å². The van der Waals surface area contributed by atoms with E-state index in [2.05, 4.69) is 42.2 Å². The van der Waals surface area contributed by atoms with Crippen molar-refractivity contribution in [3.8, 4) is 17.3 Å². The SMILES string of the molecule is Cn1ccc(Cc2nc3c(Br)c(-c4cccc(C#N)c4)nc(N)n3n2)n1. The Morgan fingerprint density at radius 2 is 2.08 bits per heavy atom. The summed E-state index contributed by atoms with van der Waals surface area (Å²) >= 11 is 3.56. The molecule has 0 amide bonds. The van der Waals surface area contributed by atoms with Crippen LogP contribution >= 0.6 is 15.9 Å². The summed E-state index contributed by atoms with van der Waals surface area (Å²) in [6.45, 7) is 0. The van der Waals surface area contributed by atoms with Crippen molar-refractivity contribution in [2.24, 2.45) is 7.05 Å². The van der Waals surface area contributed by atoms with Gasteiger partial charge in [0, 0.05) is 18.8 Å². The number of rotatable bonds is 3. The highest BCUT2D eigenvalue weighted by molar-refractivity contribution is 9.10. The third kappa shape index (κ3) is 2.80. The summed E-state index contributed by atoms with van der Waals surface area (Å²) in [6.07, 6.45) is 2.37. The molecular formula is C17H13BrN8. The van der Waals surface area contributed by atoms with Crippen LogP contribution in [0.2, 0.25) is 0 Å². The molecule has 3 aromatic heterocycles. The molecule has 3 heterocycles. The largest absolute Gasteiger partial charge is 0.368 e. The van der Waals surface area contributed by atoms with E-state index < -0.39 is 0 Å². The maximum atomic E-state index is 9.11. The Balaban J connectivity index is 1.82. The number of aryl methyl sites for hydroxylation is 1. The molecule has 0 radical (unpaired) electrons. The minimum absolute atomic E-state index is 0.223. The number of halogens is 1. The second-order valence-corrected chi connectivity index (χ2v) is 6.54. The molecule has 0 saturated carbocycles. The first-order valence-corrected chi connectivity index (χ1v) is 8.54. The molecule has 9 heteroatoms. The lowest BCUT2D eigenvalue weighted by Crippen LogP contribution is -2.04. The quantitative estimate of drug-likeness (QED) is 0.556. The predicted molar refractivity (Wildman–Crippen MR) is 99.1 cm³/mol. The summed E-state index contributed by atoms with van der Waals surface area (Å²) in [4.78, 5) is 9.01. The van der Waals surface area contributed by atoms with Gasteiger partial charge in [0.2, 0.25) is 5.95 Å². The molecule has 0 atom stereocenters. The van der Waals surface area contributed by atoms with Crippen LogP contribution in [-0.4, -0.2) is 29.4 Å². The van der Waals surface area contributed by atoms with E-state index in [4.69, 9.17) is 11.0 Å². The van der Waals surface area contributed by atoms with Gasteiger partial charge in [0.25, 0.3) is 0 Å². The number of nitrogens with zero attached hydrogens (tertiary/aromatic N) is 7. The van der Waals surface area contributed by atoms with Gasteiger partial charge in [-0.15, -0.1) is 5.10 Å². The molecule has 1 aromatic carbocycles. The third-order valence-corrected chi connectivity index (χ3v) is 4.60. The fourth-order valence-corrected chi connectivity index (χ4v) is 3.27. The molecule has 0 aliphatic heterocycles. The number of benzene rings is 1. The standard InChI is InChI=1S/C17H13BrN8/c1-25-6-5-12(23-25)8-13-21-16-14(18)15(22-17(20)26(16)24-13)11-4-2-3-10(7-11)9-19/h2-7H,8H2,1H3,(H2,20,22). The van der Waals surface area contributed by atoms with Crippen molar-refractivity contribution >= 4 is 27.5 Å². The minimum atomic E-state index is 0.223. The van der Waals surface area contributed by atoms with Gasteiger partial charge in [-0.2, -0.15) is 14.9 Å². The number of fused-ring (bicyclic) bond motifs is 1. The topological polar surface area (TPSA) is 111 Å². The zero-order valence-corrected chi connectivity index (χ0v) is 15.3. The van der Waals surface area contributed by atoms with Gasteiger partial charge in [-0.25, -0.2) is 9.97 Å². The minimum Gasteiger partial charge on any atom is -0.368 e. The van der Waals surface area contributed by atoms with Crippen molar-refractivity contribution < 1.29 is 0 Å². The Morgan fingerprint density at radius 1 is 1.23 bits per heavy atom. The van der Waals surface area contributed by atoms with Gasteiger partial charge in [-0.1, -0.05) is 12.1 Å². The summed E-state index contributed by atoms with van der Waals surface area (Å²) in [5, 5.41) is 17.9. The van der Waals surface area contributed by atoms with Crippen molar-refractivity contribution in [1.82, 2.24) is 29.4 Å². The fraction of sp³-hybridized carbons (Fsp3) is 0.118. The molecule has 2 N–H and O–H groups in total. The second kappa shape index (κ2) is 6.24. The number of aromatic nitrogens is 6. The van der Waals surface area contributed by atoms with Crippen molar-refractivity contribution in [2.75, 3.05) is 5.73 Å². The smallest absolute Gasteiger partial charge is 0.223 e. The summed E-state index contributed by atoms with van der Waals surface area (Å²) in [5.74, 6) is 0.821. The molecule has 0 unspecified atom stereocenters. The van der Waals surface area contributed by atoms with E-state index >= 15 is 0 Å². The molecule has 26 heavy (non-hydrogen) atoms. The zero-order chi connectivity index (χ0) is 18.3. The maximum Gasteiger partial charge on any atom is 0.223 e. The number of anilines is 1. The number of nitriles is 1. The predicted octanol–water partition coefficient (Wildman–Crippen LogP) is 2.33. The lowest BCUT2D eigenvalue weighted by molar-refractivity contribution is 0.743. The van der Waals surface area contributed by atoms with Crippen molar-refractivity contribution in [1.29, 1.82) is 5.26 Å². The van der Waals surface area contributed by atoms with Gasteiger partial charge in [0.1, 0.15) is 0 Å². The highest BCUT2D eigenvalue weighted by Crippen LogP contribution is 2.31.